The first kappa shape index (κ1) is 72.0. The molecule has 608 valence electrons. The van der Waals surface area contributed by atoms with Gasteiger partial charge in [-0.1, -0.05) is 61.3 Å². The number of aliphatic hydroxyl groups is 4. The Bertz CT molecular complexity index is 6270. The zero-order valence-corrected chi connectivity index (χ0v) is 67.7. The van der Waals surface area contributed by atoms with Crippen LogP contribution < -0.4 is 5.32 Å². The summed E-state index contributed by atoms with van der Waals surface area (Å²) < 4.78 is 89.5. The number of piperidine rings is 4. The predicted molar refractivity (Wildman–Crippen MR) is 463 cm³/mol. The lowest BCUT2D eigenvalue weighted by atomic mass is 10.0. The first-order valence-corrected chi connectivity index (χ1v) is 39.8. The van der Waals surface area contributed by atoms with Crippen molar-refractivity contribution < 1.29 is 53.3 Å². The van der Waals surface area contributed by atoms with Crippen molar-refractivity contribution in [2.75, 3.05) is 91.5 Å². The average Bonchev–Trinajstić information content (AvgIpc) is 0.763. The lowest BCUT2D eigenvalue weighted by molar-refractivity contribution is -0.0363. The Morgan fingerprint density at radius 2 is 0.822 bits per heavy atom. The van der Waals surface area contributed by atoms with Crippen LogP contribution in [0.5, 0.6) is 0 Å². The summed E-state index contributed by atoms with van der Waals surface area (Å²) in [4.78, 5) is 88.3. The number of nitrogens with one attached hydrogen (secondary N) is 1. The lowest BCUT2D eigenvalue weighted by Crippen LogP contribution is -2.48. The monoisotopic (exact) mass is 1610 g/mol. The number of nitrogens with zero attached hydrogens (tertiary/aromatic N) is 15. The summed E-state index contributed by atoms with van der Waals surface area (Å²) in [6.45, 7) is 33.3. The Hall–Kier alpha value is -11.3. The highest BCUT2D eigenvalue weighted by Gasteiger charge is 2.33. The summed E-state index contributed by atoms with van der Waals surface area (Å²) in [5.41, 5.74) is 18.1. The number of hydrogen-bond acceptors (Lipinski definition) is 17. The molecule has 0 amide bonds. The minimum Gasteiger partial charge on any atom is -0.393 e. The number of benzene rings is 4. The van der Waals surface area contributed by atoms with Crippen LogP contribution in [0, 0.1) is 61.3 Å². The molecule has 4 saturated heterocycles. The molecule has 0 bridgehead atoms. The Kier molecular flexibility index (Phi) is 23.4. The predicted octanol–water partition coefficient (Wildman–Crippen LogP) is 15.0. The largest absolute Gasteiger partial charge is 0.393 e. The Balaban J connectivity index is 0.000000147. The maximum Gasteiger partial charge on any atom is 0.187 e. The molecule has 12 aromatic rings. The minimum absolute atomic E-state index is 0.00978. The van der Waals surface area contributed by atoms with Crippen molar-refractivity contribution in [3.05, 3.63) is 253 Å². The standard InChI is InChI=1S/C25H31ClN4O2.C23H24N4O3.C23H24N4O.C22H22N4O2/c1-3-27-11-8-18-14-22-25(28-15-18)24(23(32)16-29-12-9-21(31)10-13-29)17(2)30(22)20-6-4-19(26)5-7-20;1-14-10-18-23(25-11-14)22(21(30)13-26-9-8-19(28)20(29)12-26)15(2)27(18)17-6-4-16(24-3)5-7-17;1-16-13-20-23(25-14-16)22(21(28)15-26-11-5-4-6-12-26)17(2)27(20)19-9-7-18(24-3)8-10-19;1-15-21(20(28)14-25-12-9-18(27)10-13-25)22-19(4-3-11-24-22)26(15)17-7-5-16(23-2)6-8-17/h4-7,14-15,21,27,31H,3,8-13,16H2,1-2H3;4-7,10-11,19-20,28-29H,8-9,12-13H2,1-2H3;7-10,13-14H,4-6,11-12,15H2,1-2H3;3-8,11,18,27H,9-10,12-14H2,1H3/t;19-,20+;;/m.0../s1/i;;4D2,5D2,6D2,11D2,12D2;. The van der Waals surface area contributed by atoms with E-state index in [1.807, 2.05) is 115 Å². The van der Waals surface area contributed by atoms with Gasteiger partial charge in [0.05, 0.1) is 137 Å². The molecule has 2 atom stereocenters. The minimum atomic E-state index is -3.56. The fourth-order valence-electron chi connectivity index (χ4n) is 15.8. The number of ketones is 4. The molecule has 12 heterocycles. The first-order chi connectivity index (χ1) is 60.8. The molecule has 4 aromatic carbocycles. The topological polar surface area (TPSA) is 259 Å². The molecule has 24 nitrogen and oxygen atoms in total. The normalized spacial score (nSPS) is 19.8. The summed E-state index contributed by atoms with van der Waals surface area (Å²) in [7, 11) is 0. The van der Waals surface area contributed by atoms with E-state index in [9.17, 15) is 39.6 Å². The van der Waals surface area contributed by atoms with E-state index >= 15 is 0 Å². The van der Waals surface area contributed by atoms with Gasteiger partial charge >= 0.3 is 0 Å². The maximum absolute atomic E-state index is 13.7. The summed E-state index contributed by atoms with van der Waals surface area (Å²) in [6, 6.07) is 38.7. The van der Waals surface area contributed by atoms with Crippen molar-refractivity contribution in [3.8, 4) is 22.7 Å². The number of aryl methyl sites for hydroxylation is 2. The third-order valence-corrected chi connectivity index (χ3v) is 22.1. The molecular formula is C93H101ClN16O8. The molecule has 4 aliphatic heterocycles. The molecule has 0 radical (unpaired) electrons. The van der Waals surface area contributed by atoms with Crippen LogP contribution in [0.2, 0.25) is 5.02 Å². The van der Waals surface area contributed by atoms with Gasteiger partial charge < -0.3 is 44.0 Å². The summed E-state index contributed by atoms with van der Waals surface area (Å²) >= 11 is 6.12. The Morgan fingerprint density at radius 1 is 0.458 bits per heavy atom. The van der Waals surface area contributed by atoms with E-state index in [0.717, 1.165) is 119 Å². The molecule has 4 fully saturated rings. The molecule has 118 heavy (non-hydrogen) atoms. The van der Waals surface area contributed by atoms with Gasteiger partial charge in [0.15, 0.2) is 40.2 Å². The van der Waals surface area contributed by atoms with Crippen LogP contribution in [-0.2, 0) is 6.42 Å². The SMILES string of the molecule is CCNCCc1cnc2c(C(=O)CN3CCC(O)CC3)c(C)n(-c3ccc(Cl)cc3)c2c1.[2H]C1([2H])N(CC(=O)c2c(C)n(-c3ccc([N+]#[C-])cc3)c3cc(C)cnc23)C([2H])([2H])C([2H])([2H])C([2H])([2H])C1([2H])[2H].[C-]#[N+]c1ccc(-n2c(C)c(C(=O)CN3CCC(O)CC3)c3ncccc32)cc1.[C-]#[N+]c1ccc(-n2c(C)c(C(=O)CN3CC[C@H](O)[C@H](O)C3)c3ncc(C)cc32)cc1. The van der Waals surface area contributed by atoms with E-state index in [1.54, 1.807) is 85.4 Å². The number of fused-ring (bicyclic) bond motifs is 4. The second-order valence-corrected chi connectivity index (χ2v) is 30.5. The van der Waals surface area contributed by atoms with Gasteiger partial charge in [-0.05, 0) is 227 Å². The van der Waals surface area contributed by atoms with Crippen molar-refractivity contribution in [3.63, 3.8) is 0 Å². The second-order valence-electron chi connectivity index (χ2n) is 30.0. The van der Waals surface area contributed by atoms with Gasteiger partial charge in [-0.25, -0.2) is 14.5 Å². The van der Waals surface area contributed by atoms with Crippen molar-refractivity contribution in [2.24, 2.45) is 0 Å². The van der Waals surface area contributed by atoms with Crippen molar-refractivity contribution >= 4 is 95.9 Å². The van der Waals surface area contributed by atoms with Crippen LogP contribution in [0.3, 0.4) is 0 Å². The number of Topliss-reactive ketones (excluding diaryl/α,β-unsaturated/α-hetero) is 4. The highest BCUT2D eigenvalue weighted by molar-refractivity contribution is 6.30. The van der Waals surface area contributed by atoms with E-state index in [-0.39, 0.29) is 58.6 Å². The number of carbonyl (C=O) groups excluding carboxylic acids is 4. The van der Waals surface area contributed by atoms with Gasteiger partial charge in [0.1, 0.15) is 0 Å². The van der Waals surface area contributed by atoms with Gasteiger partial charge in [0, 0.05) is 128 Å². The number of carbonyl (C=O) groups is 4. The molecule has 0 spiro atoms. The van der Waals surface area contributed by atoms with Crippen molar-refractivity contribution in [1.82, 2.24) is 63.1 Å². The van der Waals surface area contributed by atoms with Gasteiger partial charge in [0.25, 0.3) is 0 Å². The highest BCUT2D eigenvalue weighted by atomic mass is 35.5. The van der Waals surface area contributed by atoms with E-state index in [1.165, 1.54) is 6.20 Å². The third kappa shape index (κ3) is 19.1. The number of β-amino-alcohol motifs (C(OH)–C–C–N with tert-alkyl or cyclic N) is 1. The van der Waals surface area contributed by atoms with Crippen LogP contribution in [0.4, 0.5) is 17.1 Å². The zero-order chi connectivity index (χ0) is 92.4. The molecule has 16 rings (SSSR count). The summed E-state index contributed by atoms with van der Waals surface area (Å²) in [6.07, 6.45) is -1.62. The first-order valence-electron chi connectivity index (χ1n) is 44.4. The summed E-state index contributed by atoms with van der Waals surface area (Å²) in [5.74, 6) is -0.783. The molecular weight excluding hydrogens is 1500 g/mol. The van der Waals surface area contributed by atoms with Crippen LogP contribution in [0.15, 0.2) is 152 Å². The van der Waals surface area contributed by atoms with Crippen LogP contribution in [-0.4, -0.2) is 217 Å². The number of aromatic nitrogens is 8. The van der Waals surface area contributed by atoms with E-state index in [2.05, 4.69) is 62.2 Å². The molecule has 0 saturated carbocycles. The number of likely N-dealkylation sites (tertiary alicyclic amines) is 4. The Morgan fingerprint density at radius 3 is 1.23 bits per heavy atom. The third-order valence-electron chi connectivity index (χ3n) is 21.8. The van der Waals surface area contributed by atoms with E-state index in [4.69, 9.17) is 50.0 Å². The fraction of sp³-hybridized carbons (Fsp3) is 0.366. The second kappa shape index (κ2) is 38.4. The van der Waals surface area contributed by atoms with Gasteiger partial charge in [-0.15, -0.1) is 0 Å². The number of aliphatic hydroxyl groups excluding tert-OH is 4. The number of likely N-dealkylation sites (N-methyl/N-ethyl adjacent to an activating group) is 1. The molecule has 25 heteroatoms. The van der Waals surface area contributed by atoms with Crippen LogP contribution in [0.1, 0.15) is 153 Å². The van der Waals surface area contributed by atoms with Gasteiger partial charge in [0.2, 0.25) is 0 Å². The average molecular weight is 1620 g/mol. The van der Waals surface area contributed by atoms with Crippen molar-refractivity contribution in [2.45, 2.75) is 131 Å². The fourth-order valence-corrected chi connectivity index (χ4v) is 16.0. The van der Waals surface area contributed by atoms with Crippen molar-refractivity contribution in [1.29, 1.82) is 0 Å². The Labute approximate surface area is 707 Å². The zero-order valence-electron chi connectivity index (χ0n) is 77.0. The lowest BCUT2D eigenvalue weighted by Gasteiger charge is -2.32. The van der Waals surface area contributed by atoms with Crippen LogP contribution >= 0.6 is 11.6 Å². The molecule has 4 aliphatic rings. The number of rotatable bonds is 20. The quantitative estimate of drug-likeness (QED) is 0.0270. The molecule has 8 aromatic heterocycles. The number of halogens is 1. The van der Waals surface area contributed by atoms with E-state index < -0.39 is 56.6 Å². The molecule has 5 N–H and O–H groups in total. The van der Waals surface area contributed by atoms with Gasteiger partial charge in [-0.3, -0.25) is 58.7 Å². The maximum atomic E-state index is 13.7. The molecule has 0 aliphatic carbocycles. The summed E-state index contributed by atoms with van der Waals surface area (Å²) in [5, 5.41) is 43.2. The molecule has 0 unspecified atom stereocenters. The van der Waals surface area contributed by atoms with E-state index in [0.29, 0.717) is 118 Å². The smallest absolute Gasteiger partial charge is 0.187 e. The van der Waals surface area contributed by atoms with Crippen LogP contribution in [0.25, 0.3) is 81.4 Å². The van der Waals surface area contributed by atoms with Gasteiger partial charge in [-0.2, -0.15) is 0 Å². The number of pyridine rings is 4. The number of hydrogen-bond donors (Lipinski definition) is 5. The highest BCUT2D eigenvalue weighted by Crippen LogP contribution is 2.36.